The standard InChI is InChI=1S/C18H23N7O4/c19-23-15(13-2-1-12(26)11-14(13)27)16-20-17(24-3-7-28-8-4-24)22-18(21-16)25-5-9-29-10-6-25/h1-2,11,26-27H,3-10,19H2/b23-15+. The Balaban J connectivity index is 1.77. The van der Waals surface area contributed by atoms with Gasteiger partial charge in [0.25, 0.3) is 0 Å². The molecule has 2 saturated heterocycles. The van der Waals surface area contributed by atoms with Crippen molar-refractivity contribution in [2.45, 2.75) is 0 Å². The van der Waals surface area contributed by atoms with Crippen molar-refractivity contribution in [3.63, 3.8) is 0 Å². The molecule has 0 unspecified atom stereocenters. The van der Waals surface area contributed by atoms with Crippen LogP contribution in [0.25, 0.3) is 0 Å². The lowest BCUT2D eigenvalue weighted by Gasteiger charge is -2.30. The van der Waals surface area contributed by atoms with E-state index in [-0.39, 0.29) is 23.0 Å². The van der Waals surface area contributed by atoms with E-state index in [2.05, 4.69) is 20.1 Å². The fraction of sp³-hybridized carbons (Fsp3) is 0.444. The number of aromatic nitrogens is 3. The number of aromatic hydroxyl groups is 2. The Hall–Kier alpha value is -3.18. The summed E-state index contributed by atoms with van der Waals surface area (Å²) in [7, 11) is 0. The number of hydrogen-bond donors (Lipinski definition) is 3. The number of phenolic OH excluding ortho intramolecular Hbond substituents is 2. The van der Waals surface area contributed by atoms with Gasteiger partial charge in [0.05, 0.1) is 26.4 Å². The number of ether oxygens (including phenoxy) is 2. The number of hydrogen-bond acceptors (Lipinski definition) is 11. The topological polar surface area (TPSA) is 142 Å². The minimum atomic E-state index is -0.171. The predicted octanol–water partition coefficient (Wildman–Crippen LogP) is -0.333. The quantitative estimate of drug-likeness (QED) is 0.354. The van der Waals surface area contributed by atoms with E-state index >= 15 is 0 Å². The highest BCUT2D eigenvalue weighted by Gasteiger charge is 2.24. The van der Waals surface area contributed by atoms with E-state index in [1.165, 1.54) is 18.2 Å². The summed E-state index contributed by atoms with van der Waals surface area (Å²) >= 11 is 0. The first-order valence-electron chi connectivity index (χ1n) is 9.38. The minimum absolute atomic E-state index is 0.0683. The smallest absolute Gasteiger partial charge is 0.230 e. The summed E-state index contributed by atoms with van der Waals surface area (Å²) in [5.41, 5.74) is 0.520. The second-order valence-electron chi connectivity index (χ2n) is 6.64. The van der Waals surface area contributed by atoms with E-state index in [4.69, 9.17) is 15.3 Å². The zero-order valence-corrected chi connectivity index (χ0v) is 15.9. The van der Waals surface area contributed by atoms with Crippen molar-refractivity contribution in [3.8, 4) is 11.5 Å². The van der Waals surface area contributed by atoms with Gasteiger partial charge in [0.1, 0.15) is 17.2 Å². The highest BCUT2D eigenvalue weighted by molar-refractivity contribution is 6.12. The molecule has 0 radical (unpaired) electrons. The summed E-state index contributed by atoms with van der Waals surface area (Å²) in [5, 5.41) is 23.7. The lowest BCUT2D eigenvalue weighted by Crippen LogP contribution is -2.40. The van der Waals surface area contributed by atoms with Gasteiger partial charge < -0.3 is 35.3 Å². The Morgan fingerprint density at radius 3 is 1.93 bits per heavy atom. The van der Waals surface area contributed by atoms with Crippen LogP contribution >= 0.6 is 0 Å². The Kier molecular flexibility index (Phi) is 5.58. The first kappa shape index (κ1) is 19.2. The zero-order chi connectivity index (χ0) is 20.2. The molecule has 4 rings (SSSR count). The molecule has 11 nitrogen and oxygen atoms in total. The molecule has 29 heavy (non-hydrogen) atoms. The van der Waals surface area contributed by atoms with E-state index in [1.54, 1.807) is 0 Å². The minimum Gasteiger partial charge on any atom is -0.508 e. The van der Waals surface area contributed by atoms with Crippen molar-refractivity contribution in [2.75, 3.05) is 62.4 Å². The molecular weight excluding hydrogens is 378 g/mol. The molecule has 2 aliphatic heterocycles. The molecule has 0 aliphatic carbocycles. The van der Waals surface area contributed by atoms with Crippen LogP contribution in [0.4, 0.5) is 11.9 Å². The fourth-order valence-electron chi connectivity index (χ4n) is 3.24. The number of hydrazone groups is 1. The van der Waals surface area contributed by atoms with Crippen LogP contribution in [0.15, 0.2) is 23.3 Å². The summed E-state index contributed by atoms with van der Waals surface area (Å²) in [6.45, 7) is 4.98. The normalized spacial score (nSPS) is 18.1. The van der Waals surface area contributed by atoms with Crippen LogP contribution in [0.5, 0.6) is 11.5 Å². The third kappa shape index (κ3) is 4.15. The molecule has 0 atom stereocenters. The average Bonchev–Trinajstić information content (AvgIpc) is 2.77. The molecule has 3 heterocycles. The third-order valence-electron chi connectivity index (χ3n) is 4.78. The molecule has 2 aliphatic rings. The number of morpholine rings is 2. The van der Waals surface area contributed by atoms with Crippen LogP contribution in [0.2, 0.25) is 0 Å². The van der Waals surface area contributed by atoms with Gasteiger partial charge in [-0.15, -0.1) is 0 Å². The van der Waals surface area contributed by atoms with Crippen molar-refractivity contribution in [2.24, 2.45) is 10.9 Å². The van der Waals surface area contributed by atoms with Crippen molar-refractivity contribution < 1.29 is 19.7 Å². The van der Waals surface area contributed by atoms with E-state index in [0.29, 0.717) is 70.1 Å². The maximum Gasteiger partial charge on any atom is 0.230 e. The molecule has 154 valence electrons. The molecule has 0 spiro atoms. The number of nitrogens with zero attached hydrogens (tertiary/aromatic N) is 6. The number of nitrogens with two attached hydrogens (primary N) is 1. The largest absolute Gasteiger partial charge is 0.508 e. The molecule has 2 fully saturated rings. The van der Waals surface area contributed by atoms with Crippen LogP contribution in [0.1, 0.15) is 11.4 Å². The maximum atomic E-state index is 10.3. The summed E-state index contributed by atoms with van der Waals surface area (Å²) in [4.78, 5) is 17.8. The van der Waals surface area contributed by atoms with Gasteiger partial charge in [0, 0.05) is 37.8 Å². The first-order valence-corrected chi connectivity index (χ1v) is 9.38. The van der Waals surface area contributed by atoms with E-state index in [0.717, 1.165) is 0 Å². The van der Waals surface area contributed by atoms with Gasteiger partial charge in [-0.1, -0.05) is 0 Å². The number of benzene rings is 1. The van der Waals surface area contributed by atoms with Gasteiger partial charge >= 0.3 is 0 Å². The number of anilines is 2. The molecule has 4 N–H and O–H groups in total. The molecule has 0 saturated carbocycles. The van der Waals surface area contributed by atoms with Crippen LogP contribution < -0.4 is 15.6 Å². The molecule has 2 aromatic rings. The SMILES string of the molecule is N/N=C(/c1nc(N2CCOCC2)nc(N2CCOCC2)n1)c1ccc(O)cc1O. The lowest BCUT2D eigenvalue weighted by atomic mass is 10.1. The van der Waals surface area contributed by atoms with Crippen molar-refractivity contribution in [1.29, 1.82) is 0 Å². The Bertz CT molecular complexity index is 860. The summed E-state index contributed by atoms with van der Waals surface area (Å²) in [5.74, 6) is 6.65. The van der Waals surface area contributed by atoms with Gasteiger partial charge in [-0.05, 0) is 12.1 Å². The number of rotatable bonds is 4. The van der Waals surface area contributed by atoms with Gasteiger partial charge in [-0.2, -0.15) is 20.1 Å². The zero-order valence-electron chi connectivity index (χ0n) is 15.9. The molecule has 1 aromatic heterocycles. The fourth-order valence-corrected chi connectivity index (χ4v) is 3.24. The molecule has 11 heteroatoms. The van der Waals surface area contributed by atoms with Gasteiger partial charge in [0.15, 0.2) is 5.82 Å². The summed E-state index contributed by atoms with van der Waals surface area (Å²) in [6.07, 6.45) is 0. The van der Waals surface area contributed by atoms with Crippen LogP contribution in [-0.2, 0) is 9.47 Å². The predicted molar refractivity (Wildman–Crippen MR) is 105 cm³/mol. The second-order valence-corrected chi connectivity index (χ2v) is 6.64. The van der Waals surface area contributed by atoms with Crippen LogP contribution in [0, 0.1) is 0 Å². The number of phenols is 2. The maximum absolute atomic E-state index is 10.3. The highest BCUT2D eigenvalue weighted by atomic mass is 16.5. The van der Waals surface area contributed by atoms with Gasteiger partial charge in [-0.3, -0.25) is 0 Å². The van der Waals surface area contributed by atoms with Gasteiger partial charge in [0.2, 0.25) is 11.9 Å². The van der Waals surface area contributed by atoms with Crippen LogP contribution in [-0.4, -0.2) is 83.5 Å². The van der Waals surface area contributed by atoms with E-state index in [1.807, 2.05) is 9.80 Å². The molecular formula is C18H23N7O4. The molecule has 0 amide bonds. The van der Waals surface area contributed by atoms with E-state index in [9.17, 15) is 10.2 Å². The Morgan fingerprint density at radius 2 is 1.45 bits per heavy atom. The second kappa shape index (κ2) is 8.45. The Morgan fingerprint density at radius 1 is 0.897 bits per heavy atom. The van der Waals surface area contributed by atoms with E-state index < -0.39 is 0 Å². The van der Waals surface area contributed by atoms with Crippen LogP contribution in [0.3, 0.4) is 0 Å². The lowest BCUT2D eigenvalue weighted by molar-refractivity contribution is 0.121. The molecule has 0 bridgehead atoms. The summed E-state index contributed by atoms with van der Waals surface area (Å²) < 4.78 is 10.8. The summed E-state index contributed by atoms with van der Waals surface area (Å²) in [6, 6.07) is 4.17. The van der Waals surface area contributed by atoms with Gasteiger partial charge in [-0.25, -0.2) is 0 Å². The van der Waals surface area contributed by atoms with Crippen molar-refractivity contribution >= 4 is 17.6 Å². The molecule has 1 aromatic carbocycles. The third-order valence-corrected chi connectivity index (χ3v) is 4.78. The Labute approximate surface area is 167 Å². The monoisotopic (exact) mass is 401 g/mol. The van der Waals surface area contributed by atoms with Crippen molar-refractivity contribution in [3.05, 3.63) is 29.6 Å². The highest BCUT2D eigenvalue weighted by Crippen LogP contribution is 2.26. The van der Waals surface area contributed by atoms with Crippen molar-refractivity contribution in [1.82, 2.24) is 15.0 Å². The first-order chi connectivity index (χ1) is 14.2. The average molecular weight is 401 g/mol.